The molecule has 0 spiro atoms. The minimum Gasteiger partial charge on any atom is -0.493 e. The van der Waals surface area contributed by atoms with Crippen LogP contribution in [0.15, 0.2) is 18.6 Å². The SMILES string of the molecule is COc1cc(-c2n[nH]c(-c3nc(C)c(N4CCN(C5CCOCC5)C[C@H]4C)s3)c2C(C)C)cn2ncnc12. The van der Waals surface area contributed by atoms with E-state index < -0.39 is 0 Å². The lowest BCUT2D eigenvalue weighted by Gasteiger charge is -2.44. The second-order valence-corrected chi connectivity index (χ2v) is 11.6. The number of anilines is 1. The van der Waals surface area contributed by atoms with Crippen molar-refractivity contribution in [1.29, 1.82) is 0 Å². The fourth-order valence-corrected chi connectivity index (χ4v) is 7.11. The quantitative estimate of drug-likeness (QED) is 0.388. The fraction of sp³-hybridized carbons (Fsp3) is 0.556. The van der Waals surface area contributed by atoms with Crippen LogP contribution in [0.4, 0.5) is 5.00 Å². The average molecular weight is 537 g/mol. The zero-order chi connectivity index (χ0) is 26.4. The molecule has 1 N–H and O–H groups in total. The number of nitrogens with one attached hydrogen (secondary N) is 1. The number of thiazole rings is 1. The van der Waals surface area contributed by atoms with Crippen molar-refractivity contribution in [1.82, 2.24) is 34.7 Å². The number of fused-ring (bicyclic) bond motifs is 1. The molecule has 2 saturated heterocycles. The number of hydrogen-bond donors (Lipinski definition) is 1. The van der Waals surface area contributed by atoms with E-state index in [4.69, 9.17) is 19.6 Å². The molecule has 6 rings (SSSR count). The van der Waals surface area contributed by atoms with Gasteiger partial charge in [0.05, 0.1) is 24.2 Å². The molecule has 4 aromatic rings. The number of pyridine rings is 1. The van der Waals surface area contributed by atoms with E-state index in [1.54, 1.807) is 23.0 Å². The van der Waals surface area contributed by atoms with E-state index in [1.165, 1.54) is 11.3 Å². The highest BCUT2D eigenvalue weighted by molar-refractivity contribution is 7.19. The summed E-state index contributed by atoms with van der Waals surface area (Å²) in [6.45, 7) is 13.8. The number of ether oxygens (including phenoxy) is 2. The van der Waals surface area contributed by atoms with Crippen molar-refractivity contribution >= 4 is 22.0 Å². The number of aryl methyl sites for hydroxylation is 1. The summed E-state index contributed by atoms with van der Waals surface area (Å²) in [6, 6.07) is 3.06. The van der Waals surface area contributed by atoms with Crippen LogP contribution in [-0.4, -0.2) is 86.7 Å². The van der Waals surface area contributed by atoms with Gasteiger partial charge in [-0.05, 0) is 38.7 Å². The van der Waals surface area contributed by atoms with Gasteiger partial charge in [-0.3, -0.25) is 10.00 Å². The van der Waals surface area contributed by atoms with Gasteiger partial charge >= 0.3 is 0 Å². The summed E-state index contributed by atoms with van der Waals surface area (Å²) in [5.41, 5.74) is 5.71. The number of hydrogen-bond acceptors (Lipinski definition) is 9. The van der Waals surface area contributed by atoms with Crippen LogP contribution in [0.3, 0.4) is 0 Å². The molecule has 11 heteroatoms. The molecule has 0 radical (unpaired) electrons. The van der Waals surface area contributed by atoms with Gasteiger partial charge in [-0.2, -0.15) is 10.2 Å². The van der Waals surface area contributed by atoms with Gasteiger partial charge < -0.3 is 14.4 Å². The summed E-state index contributed by atoms with van der Waals surface area (Å²) in [4.78, 5) is 14.6. The average Bonchev–Trinajstić information content (AvgIpc) is 3.66. The van der Waals surface area contributed by atoms with E-state index in [1.807, 2.05) is 12.3 Å². The van der Waals surface area contributed by atoms with Gasteiger partial charge in [0.15, 0.2) is 11.4 Å². The molecule has 0 aliphatic carbocycles. The van der Waals surface area contributed by atoms with E-state index in [-0.39, 0.29) is 5.92 Å². The minimum absolute atomic E-state index is 0.241. The van der Waals surface area contributed by atoms with Crippen LogP contribution in [0.2, 0.25) is 0 Å². The molecule has 2 aliphatic heterocycles. The molecule has 0 saturated carbocycles. The third kappa shape index (κ3) is 4.46. The first-order valence-electron chi connectivity index (χ1n) is 13.5. The standard InChI is InChI=1S/C27H36N8O2S/c1-16(2)22-23(19-12-21(36-5)25-28-15-29-35(25)14-19)31-32-24(22)26-30-18(4)27(38-26)34-9-8-33(13-17(34)3)20-6-10-37-11-7-20/h12,14-17,20H,6-11,13H2,1-5H3,(H,31,32)/t17-/m1/s1. The predicted molar refractivity (Wildman–Crippen MR) is 149 cm³/mol. The lowest BCUT2D eigenvalue weighted by Crippen LogP contribution is -2.55. The number of aromatic nitrogens is 6. The monoisotopic (exact) mass is 536 g/mol. The van der Waals surface area contributed by atoms with E-state index in [9.17, 15) is 0 Å². The van der Waals surface area contributed by atoms with Gasteiger partial charge in [0, 0.05) is 62.3 Å². The molecule has 0 aromatic carbocycles. The minimum atomic E-state index is 0.241. The van der Waals surface area contributed by atoms with Crippen molar-refractivity contribution < 1.29 is 9.47 Å². The maximum absolute atomic E-state index is 5.60. The Kier molecular flexibility index (Phi) is 6.83. The van der Waals surface area contributed by atoms with E-state index >= 15 is 0 Å². The topological polar surface area (TPSA) is 96.7 Å². The molecule has 202 valence electrons. The smallest absolute Gasteiger partial charge is 0.197 e. The van der Waals surface area contributed by atoms with E-state index in [2.05, 4.69) is 52.7 Å². The zero-order valence-electron chi connectivity index (χ0n) is 22.8. The molecule has 4 aromatic heterocycles. The summed E-state index contributed by atoms with van der Waals surface area (Å²) in [7, 11) is 1.65. The summed E-state index contributed by atoms with van der Waals surface area (Å²) in [5, 5.41) is 14.7. The number of methoxy groups -OCH3 is 1. The van der Waals surface area contributed by atoms with Gasteiger partial charge in [-0.15, -0.1) is 0 Å². The van der Waals surface area contributed by atoms with Gasteiger partial charge in [-0.25, -0.2) is 14.5 Å². The molecule has 0 bridgehead atoms. The maximum atomic E-state index is 5.60. The van der Waals surface area contributed by atoms with Crippen molar-refractivity contribution in [3.8, 4) is 27.7 Å². The molecular weight excluding hydrogens is 500 g/mol. The molecular formula is C27H36N8O2S. The van der Waals surface area contributed by atoms with Gasteiger partial charge in [0.1, 0.15) is 16.3 Å². The largest absolute Gasteiger partial charge is 0.493 e. The van der Waals surface area contributed by atoms with Crippen molar-refractivity contribution in [3.05, 3.63) is 29.8 Å². The third-order valence-corrected chi connectivity index (χ3v) is 9.04. The Labute approximate surface area is 227 Å². The molecule has 10 nitrogen and oxygen atoms in total. The lowest BCUT2D eigenvalue weighted by atomic mass is 9.97. The maximum Gasteiger partial charge on any atom is 0.197 e. The lowest BCUT2D eigenvalue weighted by molar-refractivity contribution is 0.0280. The van der Waals surface area contributed by atoms with Crippen molar-refractivity contribution in [2.24, 2.45) is 0 Å². The Hall–Kier alpha value is -3.02. The van der Waals surface area contributed by atoms with Crippen molar-refractivity contribution in [3.63, 3.8) is 0 Å². The first-order valence-corrected chi connectivity index (χ1v) is 14.3. The van der Waals surface area contributed by atoms with Gasteiger partial charge in [0.25, 0.3) is 0 Å². The Morgan fingerprint density at radius 1 is 1.21 bits per heavy atom. The number of nitrogens with zero attached hydrogens (tertiary/aromatic N) is 7. The summed E-state index contributed by atoms with van der Waals surface area (Å²) in [6.07, 6.45) is 5.78. The van der Waals surface area contributed by atoms with Crippen molar-refractivity contribution in [2.75, 3.05) is 44.9 Å². The Morgan fingerprint density at radius 3 is 2.76 bits per heavy atom. The zero-order valence-corrected chi connectivity index (χ0v) is 23.6. The fourth-order valence-electron chi connectivity index (χ4n) is 5.90. The molecule has 38 heavy (non-hydrogen) atoms. The number of rotatable bonds is 6. The molecule has 0 amide bonds. The molecule has 2 fully saturated rings. The summed E-state index contributed by atoms with van der Waals surface area (Å²) < 4.78 is 12.9. The molecule has 6 heterocycles. The second kappa shape index (κ2) is 10.3. The Balaban J connectivity index is 1.30. The molecule has 2 aliphatic rings. The molecule has 0 unspecified atom stereocenters. The van der Waals surface area contributed by atoms with Crippen molar-refractivity contribution in [2.45, 2.75) is 58.5 Å². The van der Waals surface area contributed by atoms with Crippen LogP contribution in [-0.2, 0) is 4.74 Å². The summed E-state index contributed by atoms with van der Waals surface area (Å²) in [5.74, 6) is 0.909. The highest BCUT2D eigenvalue weighted by atomic mass is 32.1. The van der Waals surface area contributed by atoms with Crippen LogP contribution in [0, 0.1) is 6.92 Å². The van der Waals surface area contributed by atoms with Crippen LogP contribution in [0.5, 0.6) is 5.75 Å². The van der Waals surface area contributed by atoms with Crippen LogP contribution >= 0.6 is 11.3 Å². The highest BCUT2D eigenvalue weighted by Crippen LogP contribution is 2.41. The highest BCUT2D eigenvalue weighted by Gasteiger charge is 2.32. The first kappa shape index (κ1) is 25.3. The number of aromatic amines is 1. The van der Waals surface area contributed by atoms with E-state index in [0.717, 1.165) is 78.9 Å². The first-order chi connectivity index (χ1) is 18.4. The number of piperazine rings is 1. The summed E-state index contributed by atoms with van der Waals surface area (Å²) >= 11 is 1.76. The number of H-pyrrole nitrogens is 1. The predicted octanol–water partition coefficient (Wildman–Crippen LogP) is 4.37. The third-order valence-electron chi connectivity index (χ3n) is 7.83. The van der Waals surface area contributed by atoms with E-state index in [0.29, 0.717) is 23.5 Å². The molecule has 1 atom stereocenters. The van der Waals surface area contributed by atoms with Crippen LogP contribution < -0.4 is 9.64 Å². The Morgan fingerprint density at radius 2 is 2.03 bits per heavy atom. The normalized spacial score (nSPS) is 19.6. The van der Waals surface area contributed by atoms with Crippen LogP contribution in [0.1, 0.15) is 50.8 Å². The Bertz CT molecular complexity index is 1420. The van der Waals surface area contributed by atoms with Gasteiger partial charge in [-0.1, -0.05) is 25.2 Å². The van der Waals surface area contributed by atoms with Gasteiger partial charge in [0.2, 0.25) is 0 Å². The second-order valence-electron chi connectivity index (χ2n) is 10.6. The van der Waals surface area contributed by atoms with Crippen LogP contribution in [0.25, 0.3) is 27.6 Å².